The second kappa shape index (κ2) is 6.36. The number of amides is 1. The third kappa shape index (κ3) is 2.64. The van der Waals surface area contributed by atoms with Gasteiger partial charge in [0.2, 0.25) is 5.91 Å². The summed E-state index contributed by atoms with van der Waals surface area (Å²) in [6.07, 6.45) is 6.05. The second-order valence-electron chi connectivity index (χ2n) is 6.50. The number of carbonyl (C=O) groups is 1. The molecular weight excluding hydrogens is 278 g/mol. The average Bonchev–Trinajstić information content (AvgIpc) is 3.13. The molecule has 2 saturated heterocycles. The lowest BCUT2D eigenvalue weighted by atomic mass is 9.85. The standard InChI is InChI=1S/C16H27N5O/c1-3-9-20-10-5-7-16(15(20)22)8-6-11-21(16)12-14-17-13(4-2)18-19-14/h3-12H2,1-2H3,(H,17,18,19). The summed E-state index contributed by atoms with van der Waals surface area (Å²) in [6.45, 7) is 7.69. The van der Waals surface area contributed by atoms with Gasteiger partial charge in [0, 0.05) is 19.5 Å². The summed E-state index contributed by atoms with van der Waals surface area (Å²) in [6, 6.07) is 0. The summed E-state index contributed by atoms with van der Waals surface area (Å²) < 4.78 is 0. The van der Waals surface area contributed by atoms with Crippen molar-refractivity contribution in [3.8, 4) is 0 Å². The van der Waals surface area contributed by atoms with Crippen molar-refractivity contribution >= 4 is 5.91 Å². The molecule has 2 aliphatic rings. The smallest absolute Gasteiger partial charge is 0.243 e. The van der Waals surface area contributed by atoms with E-state index in [1.807, 2.05) is 0 Å². The van der Waals surface area contributed by atoms with Gasteiger partial charge in [-0.3, -0.25) is 14.8 Å². The van der Waals surface area contributed by atoms with Crippen LogP contribution in [0.3, 0.4) is 0 Å². The van der Waals surface area contributed by atoms with Gasteiger partial charge in [0.15, 0.2) is 0 Å². The number of aromatic amines is 1. The van der Waals surface area contributed by atoms with Crippen LogP contribution >= 0.6 is 0 Å². The highest BCUT2D eigenvalue weighted by Crippen LogP contribution is 2.38. The normalized spacial score (nSPS) is 26.3. The Hall–Kier alpha value is -1.43. The molecule has 2 fully saturated rings. The second-order valence-corrected chi connectivity index (χ2v) is 6.50. The summed E-state index contributed by atoms with van der Waals surface area (Å²) in [5.74, 6) is 2.08. The first-order valence-electron chi connectivity index (χ1n) is 8.64. The zero-order valence-corrected chi connectivity index (χ0v) is 13.8. The lowest BCUT2D eigenvalue weighted by Gasteiger charge is -2.44. The van der Waals surface area contributed by atoms with E-state index in [0.29, 0.717) is 12.5 Å². The summed E-state index contributed by atoms with van der Waals surface area (Å²) >= 11 is 0. The van der Waals surface area contributed by atoms with Crippen molar-refractivity contribution in [3.63, 3.8) is 0 Å². The number of aromatic nitrogens is 3. The van der Waals surface area contributed by atoms with Crippen LogP contribution in [0.5, 0.6) is 0 Å². The van der Waals surface area contributed by atoms with Crippen molar-refractivity contribution in [1.82, 2.24) is 25.0 Å². The van der Waals surface area contributed by atoms with Crippen LogP contribution in [0.2, 0.25) is 0 Å². The molecule has 1 atom stereocenters. The molecule has 1 unspecified atom stereocenters. The Kier molecular flexibility index (Phi) is 4.47. The molecule has 1 amide bonds. The van der Waals surface area contributed by atoms with Gasteiger partial charge in [-0.05, 0) is 38.6 Å². The van der Waals surface area contributed by atoms with Crippen molar-refractivity contribution in [2.45, 2.75) is 64.5 Å². The molecule has 0 radical (unpaired) electrons. The van der Waals surface area contributed by atoms with Crippen molar-refractivity contribution in [1.29, 1.82) is 0 Å². The van der Waals surface area contributed by atoms with Gasteiger partial charge < -0.3 is 4.90 Å². The van der Waals surface area contributed by atoms with Gasteiger partial charge in [-0.1, -0.05) is 13.8 Å². The van der Waals surface area contributed by atoms with Crippen molar-refractivity contribution < 1.29 is 4.79 Å². The Morgan fingerprint density at radius 3 is 2.68 bits per heavy atom. The van der Waals surface area contributed by atoms with Crippen LogP contribution in [-0.4, -0.2) is 56.1 Å². The lowest BCUT2D eigenvalue weighted by Crippen LogP contribution is -2.59. The van der Waals surface area contributed by atoms with Gasteiger partial charge in [-0.2, -0.15) is 5.10 Å². The number of hydrogen-bond acceptors (Lipinski definition) is 4. The Balaban J connectivity index is 1.77. The zero-order chi connectivity index (χ0) is 15.6. The minimum absolute atomic E-state index is 0.285. The number of aryl methyl sites for hydroxylation is 1. The largest absolute Gasteiger partial charge is 0.341 e. The Bertz CT molecular complexity index is 526. The fourth-order valence-electron chi connectivity index (χ4n) is 3.98. The average molecular weight is 305 g/mol. The van der Waals surface area contributed by atoms with Crippen molar-refractivity contribution in [2.75, 3.05) is 19.6 Å². The fourth-order valence-corrected chi connectivity index (χ4v) is 3.98. The molecule has 1 aromatic rings. The van der Waals surface area contributed by atoms with Crippen LogP contribution in [0.15, 0.2) is 0 Å². The molecule has 22 heavy (non-hydrogen) atoms. The molecule has 6 heteroatoms. The summed E-state index contributed by atoms with van der Waals surface area (Å²) in [5, 5.41) is 7.24. The van der Waals surface area contributed by atoms with Crippen molar-refractivity contribution in [2.24, 2.45) is 0 Å². The number of rotatable bonds is 5. The van der Waals surface area contributed by atoms with Crippen LogP contribution in [0, 0.1) is 0 Å². The third-order valence-corrected chi connectivity index (χ3v) is 5.06. The minimum atomic E-state index is -0.285. The third-order valence-electron chi connectivity index (χ3n) is 5.06. The lowest BCUT2D eigenvalue weighted by molar-refractivity contribution is -0.147. The van der Waals surface area contributed by atoms with Crippen LogP contribution in [-0.2, 0) is 17.8 Å². The van der Waals surface area contributed by atoms with Crippen LogP contribution in [0.25, 0.3) is 0 Å². The predicted octanol–water partition coefficient (Wildman–Crippen LogP) is 1.73. The summed E-state index contributed by atoms with van der Waals surface area (Å²) in [4.78, 5) is 22.0. The van der Waals surface area contributed by atoms with Gasteiger partial charge in [-0.25, -0.2) is 4.98 Å². The highest BCUT2D eigenvalue weighted by Gasteiger charge is 2.50. The first-order chi connectivity index (χ1) is 10.7. The molecule has 3 rings (SSSR count). The molecule has 0 bridgehead atoms. The van der Waals surface area contributed by atoms with E-state index in [2.05, 4.69) is 38.8 Å². The molecule has 122 valence electrons. The predicted molar refractivity (Wildman–Crippen MR) is 84.2 cm³/mol. The molecule has 1 N–H and O–H groups in total. The molecule has 0 saturated carbocycles. The zero-order valence-electron chi connectivity index (χ0n) is 13.8. The number of carbonyl (C=O) groups excluding carboxylic acids is 1. The summed E-state index contributed by atoms with van der Waals surface area (Å²) in [7, 11) is 0. The topological polar surface area (TPSA) is 65.1 Å². The van der Waals surface area contributed by atoms with E-state index in [1.54, 1.807) is 0 Å². The number of nitrogens with zero attached hydrogens (tertiary/aromatic N) is 4. The maximum Gasteiger partial charge on any atom is 0.243 e. The first-order valence-corrected chi connectivity index (χ1v) is 8.64. The molecule has 0 aliphatic carbocycles. The molecule has 0 aromatic carbocycles. The van der Waals surface area contributed by atoms with E-state index in [1.165, 1.54) is 0 Å². The number of nitrogens with one attached hydrogen (secondary N) is 1. The highest BCUT2D eigenvalue weighted by atomic mass is 16.2. The van der Waals surface area contributed by atoms with E-state index >= 15 is 0 Å². The van der Waals surface area contributed by atoms with Gasteiger partial charge in [0.05, 0.1) is 6.54 Å². The van der Waals surface area contributed by atoms with E-state index in [0.717, 1.165) is 69.8 Å². The Morgan fingerprint density at radius 1 is 1.23 bits per heavy atom. The van der Waals surface area contributed by atoms with E-state index < -0.39 is 0 Å². The van der Waals surface area contributed by atoms with Gasteiger partial charge in [-0.15, -0.1) is 0 Å². The Morgan fingerprint density at radius 2 is 2.00 bits per heavy atom. The first kappa shape index (κ1) is 15.5. The van der Waals surface area contributed by atoms with Crippen LogP contribution < -0.4 is 0 Å². The number of likely N-dealkylation sites (tertiary alicyclic amines) is 2. The molecule has 6 nitrogen and oxygen atoms in total. The van der Waals surface area contributed by atoms with Gasteiger partial charge in [0.1, 0.15) is 17.2 Å². The minimum Gasteiger partial charge on any atom is -0.341 e. The maximum atomic E-state index is 13.0. The molecular formula is C16H27N5O. The van der Waals surface area contributed by atoms with E-state index in [9.17, 15) is 4.79 Å². The van der Waals surface area contributed by atoms with Crippen molar-refractivity contribution in [3.05, 3.63) is 11.6 Å². The van der Waals surface area contributed by atoms with E-state index in [4.69, 9.17) is 0 Å². The molecule has 3 heterocycles. The molecule has 2 aliphatic heterocycles. The van der Waals surface area contributed by atoms with Gasteiger partial charge in [0.25, 0.3) is 0 Å². The SMILES string of the molecule is CCCN1CCCC2(CCCN2Cc2nc(CC)n[nH]2)C1=O. The highest BCUT2D eigenvalue weighted by molar-refractivity contribution is 5.87. The number of piperidine rings is 1. The van der Waals surface area contributed by atoms with Crippen LogP contribution in [0.1, 0.15) is 57.6 Å². The number of hydrogen-bond donors (Lipinski definition) is 1. The maximum absolute atomic E-state index is 13.0. The number of H-pyrrole nitrogens is 1. The summed E-state index contributed by atoms with van der Waals surface area (Å²) in [5.41, 5.74) is -0.285. The molecule has 1 spiro atoms. The molecule has 1 aromatic heterocycles. The fraction of sp³-hybridized carbons (Fsp3) is 0.812. The Labute approximate surface area is 132 Å². The van der Waals surface area contributed by atoms with Crippen LogP contribution in [0.4, 0.5) is 0 Å². The van der Waals surface area contributed by atoms with E-state index in [-0.39, 0.29) is 5.54 Å². The quantitative estimate of drug-likeness (QED) is 0.900. The monoisotopic (exact) mass is 305 g/mol. The van der Waals surface area contributed by atoms with Gasteiger partial charge >= 0.3 is 0 Å².